The van der Waals surface area contributed by atoms with Crippen LogP contribution in [0.4, 0.5) is 4.79 Å². The van der Waals surface area contributed by atoms with Gasteiger partial charge in [-0.1, -0.05) is 19.3 Å². The first kappa shape index (κ1) is 17.5. The molecule has 2 aliphatic carbocycles. The number of carbonyl (C=O) groups excluding carboxylic acids is 2. The molecule has 2 aromatic rings. The molecule has 6 heteroatoms. The Morgan fingerprint density at radius 2 is 1.68 bits per heavy atom. The van der Waals surface area contributed by atoms with Gasteiger partial charge in [-0.15, -0.1) is 0 Å². The highest BCUT2D eigenvalue weighted by molar-refractivity contribution is 6.07. The summed E-state index contributed by atoms with van der Waals surface area (Å²) in [7, 11) is 1.73. The Hall–Kier alpha value is -2.63. The number of amides is 3. The summed E-state index contributed by atoms with van der Waals surface area (Å²) in [6.07, 6.45) is 7.56. The third kappa shape index (κ3) is 2.43. The van der Waals surface area contributed by atoms with Crippen LogP contribution in [0.25, 0.3) is 11.0 Å². The van der Waals surface area contributed by atoms with Crippen LogP contribution in [-0.4, -0.2) is 34.3 Å². The normalized spacial score (nSPS) is 21.2. The molecule has 1 aliphatic heterocycles. The van der Waals surface area contributed by atoms with Crippen molar-refractivity contribution in [3.8, 4) is 0 Å². The van der Waals surface area contributed by atoms with Crippen LogP contribution in [0.1, 0.15) is 55.2 Å². The molecule has 0 unspecified atom stereocenters. The Morgan fingerprint density at radius 3 is 2.43 bits per heavy atom. The van der Waals surface area contributed by atoms with Gasteiger partial charge in [-0.2, -0.15) is 0 Å². The van der Waals surface area contributed by atoms with Crippen LogP contribution in [-0.2, 0) is 24.2 Å². The van der Waals surface area contributed by atoms with E-state index in [0.717, 1.165) is 56.8 Å². The molecule has 1 aromatic heterocycles. The lowest BCUT2D eigenvalue weighted by molar-refractivity contribution is -0.134. The maximum atomic E-state index is 13.3. The second-order valence-corrected chi connectivity index (χ2v) is 8.39. The summed E-state index contributed by atoms with van der Waals surface area (Å²) in [5.74, 6) is -0.123. The van der Waals surface area contributed by atoms with E-state index in [4.69, 9.17) is 4.42 Å². The molecule has 1 spiro atoms. The standard InChI is InChI=1S/C22H24N2O4/c1-23-21(27)24(20(26)22(23)8-3-2-4-9-22)13-16-12-19(25)28-18-11-15-7-5-6-14(15)10-17(16)18/h10-12H,2-9,13H2,1H3. The number of urea groups is 1. The molecule has 2 heterocycles. The van der Waals surface area contributed by atoms with E-state index in [1.165, 1.54) is 22.1 Å². The lowest BCUT2D eigenvalue weighted by Gasteiger charge is -2.35. The highest BCUT2D eigenvalue weighted by Gasteiger charge is 2.55. The molecule has 5 rings (SSSR count). The molecule has 1 aromatic carbocycles. The van der Waals surface area contributed by atoms with Gasteiger partial charge in [0.2, 0.25) is 0 Å². The molecular weight excluding hydrogens is 356 g/mol. The monoisotopic (exact) mass is 380 g/mol. The first-order valence-corrected chi connectivity index (χ1v) is 10.2. The molecule has 0 atom stereocenters. The van der Waals surface area contributed by atoms with E-state index in [2.05, 4.69) is 6.07 Å². The topological polar surface area (TPSA) is 70.8 Å². The van der Waals surface area contributed by atoms with Gasteiger partial charge in [-0.25, -0.2) is 9.59 Å². The number of hydrogen-bond donors (Lipinski definition) is 0. The van der Waals surface area contributed by atoms with Gasteiger partial charge in [-0.3, -0.25) is 9.69 Å². The molecule has 0 bridgehead atoms. The summed E-state index contributed by atoms with van der Waals surface area (Å²) in [5, 5.41) is 0.827. The predicted molar refractivity (Wildman–Crippen MR) is 104 cm³/mol. The average molecular weight is 380 g/mol. The van der Waals surface area contributed by atoms with Gasteiger partial charge in [0.05, 0.1) is 6.54 Å². The van der Waals surface area contributed by atoms with Crippen molar-refractivity contribution in [2.75, 3.05) is 7.05 Å². The van der Waals surface area contributed by atoms with Gasteiger partial charge < -0.3 is 9.32 Å². The fourth-order valence-corrected chi connectivity index (χ4v) is 5.27. The zero-order valence-electron chi connectivity index (χ0n) is 16.1. The fourth-order valence-electron chi connectivity index (χ4n) is 5.27. The SMILES string of the molecule is CN1C(=O)N(Cc2cc(=O)oc3cc4c(cc23)CCC4)C(=O)C12CCCCC2. The second-order valence-electron chi connectivity index (χ2n) is 8.39. The molecule has 3 aliphatic rings. The number of aryl methyl sites for hydroxylation is 2. The van der Waals surface area contributed by atoms with Crippen molar-refractivity contribution in [3.63, 3.8) is 0 Å². The highest BCUT2D eigenvalue weighted by atomic mass is 16.4. The van der Waals surface area contributed by atoms with E-state index in [9.17, 15) is 14.4 Å². The minimum atomic E-state index is -0.703. The zero-order valence-corrected chi connectivity index (χ0v) is 16.1. The zero-order chi connectivity index (χ0) is 19.5. The first-order chi connectivity index (χ1) is 13.5. The minimum Gasteiger partial charge on any atom is -0.423 e. The number of benzene rings is 1. The van der Waals surface area contributed by atoms with Gasteiger partial charge in [0.25, 0.3) is 5.91 Å². The van der Waals surface area contributed by atoms with Crippen molar-refractivity contribution in [1.82, 2.24) is 9.80 Å². The van der Waals surface area contributed by atoms with E-state index >= 15 is 0 Å². The lowest BCUT2D eigenvalue weighted by Crippen LogP contribution is -2.49. The van der Waals surface area contributed by atoms with Crippen molar-refractivity contribution in [2.45, 2.75) is 63.5 Å². The molecule has 28 heavy (non-hydrogen) atoms. The third-order valence-corrected chi connectivity index (χ3v) is 6.85. The van der Waals surface area contributed by atoms with Gasteiger partial charge >= 0.3 is 11.7 Å². The van der Waals surface area contributed by atoms with Crippen molar-refractivity contribution in [3.05, 3.63) is 45.3 Å². The molecule has 2 fully saturated rings. The third-order valence-electron chi connectivity index (χ3n) is 6.85. The van der Waals surface area contributed by atoms with E-state index < -0.39 is 11.2 Å². The van der Waals surface area contributed by atoms with Gasteiger partial charge in [0, 0.05) is 18.5 Å². The lowest BCUT2D eigenvalue weighted by atomic mass is 9.80. The Balaban J connectivity index is 1.56. The smallest absolute Gasteiger partial charge is 0.336 e. The van der Waals surface area contributed by atoms with Crippen molar-refractivity contribution < 1.29 is 14.0 Å². The van der Waals surface area contributed by atoms with Crippen LogP contribution >= 0.6 is 0 Å². The van der Waals surface area contributed by atoms with E-state index in [0.29, 0.717) is 11.1 Å². The quantitative estimate of drug-likeness (QED) is 0.592. The summed E-state index contributed by atoms with van der Waals surface area (Å²) in [6, 6.07) is 5.18. The van der Waals surface area contributed by atoms with Crippen molar-refractivity contribution >= 4 is 22.9 Å². The molecule has 0 radical (unpaired) electrons. The van der Waals surface area contributed by atoms with Crippen LogP contribution in [0.5, 0.6) is 0 Å². The maximum Gasteiger partial charge on any atom is 0.336 e. The molecule has 1 saturated heterocycles. The van der Waals surface area contributed by atoms with Crippen LogP contribution < -0.4 is 5.63 Å². The molecular formula is C22H24N2O4. The average Bonchev–Trinajstić information content (AvgIpc) is 3.21. The number of likely N-dealkylation sites (N-methyl/N-ethyl adjacent to an activating group) is 1. The Bertz CT molecular complexity index is 1050. The Labute approximate surface area is 163 Å². The van der Waals surface area contributed by atoms with Gasteiger partial charge in [-0.05, 0) is 60.9 Å². The predicted octanol–water partition coefficient (Wildman–Crippen LogP) is 3.38. The molecule has 6 nitrogen and oxygen atoms in total. The molecule has 1 saturated carbocycles. The Morgan fingerprint density at radius 1 is 0.964 bits per heavy atom. The second kappa shape index (κ2) is 6.19. The molecule has 0 N–H and O–H groups in total. The number of carbonyl (C=O) groups is 2. The maximum absolute atomic E-state index is 13.3. The number of hydrogen-bond acceptors (Lipinski definition) is 4. The van der Waals surface area contributed by atoms with Gasteiger partial charge in [0.15, 0.2) is 0 Å². The van der Waals surface area contributed by atoms with Gasteiger partial charge in [0.1, 0.15) is 11.1 Å². The van der Waals surface area contributed by atoms with E-state index in [-0.39, 0.29) is 18.5 Å². The number of nitrogens with zero attached hydrogens (tertiary/aromatic N) is 2. The first-order valence-electron chi connectivity index (χ1n) is 10.2. The minimum absolute atomic E-state index is 0.116. The van der Waals surface area contributed by atoms with Crippen LogP contribution in [0.3, 0.4) is 0 Å². The van der Waals surface area contributed by atoms with Crippen LogP contribution in [0.15, 0.2) is 27.4 Å². The summed E-state index contributed by atoms with van der Waals surface area (Å²) >= 11 is 0. The van der Waals surface area contributed by atoms with Crippen LogP contribution in [0.2, 0.25) is 0 Å². The highest BCUT2D eigenvalue weighted by Crippen LogP contribution is 2.40. The Kier molecular flexibility index (Phi) is 3.86. The molecule has 3 amide bonds. The fraction of sp³-hybridized carbons (Fsp3) is 0.500. The summed E-state index contributed by atoms with van der Waals surface area (Å²) in [4.78, 5) is 41.3. The van der Waals surface area contributed by atoms with Crippen molar-refractivity contribution in [1.29, 1.82) is 0 Å². The number of fused-ring (bicyclic) bond motifs is 2. The summed E-state index contributed by atoms with van der Waals surface area (Å²) in [6.45, 7) is 0.116. The van der Waals surface area contributed by atoms with Crippen LogP contribution in [0, 0.1) is 0 Å². The van der Waals surface area contributed by atoms with Crippen molar-refractivity contribution in [2.24, 2.45) is 0 Å². The van der Waals surface area contributed by atoms with E-state index in [1.807, 2.05) is 6.07 Å². The largest absolute Gasteiger partial charge is 0.423 e. The summed E-state index contributed by atoms with van der Waals surface area (Å²) in [5.41, 5.74) is 2.57. The summed E-state index contributed by atoms with van der Waals surface area (Å²) < 4.78 is 5.42. The van der Waals surface area contributed by atoms with E-state index in [1.54, 1.807) is 11.9 Å². The number of imide groups is 1. The number of rotatable bonds is 2. The molecule has 146 valence electrons.